The third kappa shape index (κ3) is 6.59. The van der Waals surface area contributed by atoms with Crippen LogP contribution in [0.1, 0.15) is 47.8 Å². The van der Waals surface area contributed by atoms with Gasteiger partial charge in [-0.15, -0.1) is 0 Å². The summed E-state index contributed by atoms with van der Waals surface area (Å²) >= 11 is 0. The van der Waals surface area contributed by atoms with Crippen molar-refractivity contribution in [3.8, 4) is 17.2 Å². The molecule has 0 spiro atoms. The number of amides is 1. The van der Waals surface area contributed by atoms with Crippen molar-refractivity contribution in [1.82, 2.24) is 5.43 Å². The first kappa shape index (κ1) is 23.9. The average Bonchev–Trinajstić information content (AvgIpc) is 2.82. The van der Waals surface area contributed by atoms with E-state index in [9.17, 15) is 4.79 Å². The molecule has 0 aliphatic carbocycles. The topological polar surface area (TPSA) is 69.2 Å². The summed E-state index contributed by atoms with van der Waals surface area (Å²) in [6.07, 6.45) is 1.55. The molecule has 0 aliphatic heterocycles. The third-order valence-corrected chi connectivity index (χ3v) is 5.11. The Labute approximate surface area is 195 Å². The van der Waals surface area contributed by atoms with Crippen LogP contribution < -0.4 is 19.6 Å². The van der Waals surface area contributed by atoms with Crippen LogP contribution in [0.25, 0.3) is 0 Å². The zero-order chi connectivity index (χ0) is 23.8. The van der Waals surface area contributed by atoms with Crippen LogP contribution in [-0.4, -0.2) is 26.3 Å². The molecule has 0 saturated heterocycles. The molecule has 0 heterocycles. The van der Waals surface area contributed by atoms with Gasteiger partial charge in [0.1, 0.15) is 12.4 Å². The van der Waals surface area contributed by atoms with Crippen LogP contribution >= 0.6 is 0 Å². The average molecular weight is 447 g/mol. The van der Waals surface area contributed by atoms with Gasteiger partial charge in [0.05, 0.1) is 20.4 Å². The number of carbonyl (C=O) groups excluding carboxylic acids is 1. The van der Waals surface area contributed by atoms with E-state index in [1.54, 1.807) is 50.8 Å². The highest BCUT2D eigenvalue weighted by Crippen LogP contribution is 2.29. The highest BCUT2D eigenvalue weighted by Gasteiger charge is 2.13. The summed E-state index contributed by atoms with van der Waals surface area (Å²) in [4.78, 5) is 12.3. The number of hydrogen-bond donors (Lipinski definition) is 1. The van der Waals surface area contributed by atoms with E-state index in [4.69, 9.17) is 14.2 Å². The third-order valence-electron chi connectivity index (χ3n) is 5.11. The number of hydrogen-bond acceptors (Lipinski definition) is 5. The van der Waals surface area contributed by atoms with Gasteiger partial charge in [-0.3, -0.25) is 4.79 Å². The number of methoxy groups -OCH3 is 2. The summed E-state index contributed by atoms with van der Waals surface area (Å²) in [7, 11) is 3.14. The predicted molar refractivity (Wildman–Crippen MR) is 131 cm³/mol. The van der Waals surface area contributed by atoms with Gasteiger partial charge in [-0.25, -0.2) is 5.43 Å². The quantitative estimate of drug-likeness (QED) is 0.374. The number of hydrazone groups is 1. The van der Waals surface area contributed by atoms with Crippen molar-refractivity contribution in [2.24, 2.45) is 5.10 Å². The summed E-state index contributed by atoms with van der Waals surface area (Å²) < 4.78 is 16.6. The maximum absolute atomic E-state index is 12.3. The molecule has 0 radical (unpaired) electrons. The molecule has 6 heteroatoms. The molecule has 0 atom stereocenters. The van der Waals surface area contributed by atoms with Crippen molar-refractivity contribution >= 4 is 12.1 Å². The minimum Gasteiger partial charge on any atom is -0.497 e. The molecular formula is C27H30N2O4. The van der Waals surface area contributed by atoms with Crippen molar-refractivity contribution < 1.29 is 19.0 Å². The zero-order valence-corrected chi connectivity index (χ0v) is 19.7. The van der Waals surface area contributed by atoms with Crippen LogP contribution in [0.2, 0.25) is 0 Å². The first-order chi connectivity index (χ1) is 15.8. The number of rotatable bonds is 8. The zero-order valence-electron chi connectivity index (χ0n) is 19.7. The number of nitrogens with zero attached hydrogens (tertiary/aromatic N) is 1. The van der Waals surface area contributed by atoms with E-state index in [2.05, 4.69) is 55.6 Å². The molecule has 0 unspecified atom stereocenters. The molecule has 172 valence electrons. The van der Waals surface area contributed by atoms with Gasteiger partial charge in [0, 0.05) is 5.56 Å². The van der Waals surface area contributed by atoms with E-state index in [1.165, 1.54) is 5.56 Å². The van der Waals surface area contributed by atoms with Gasteiger partial charge < -0.3 is 14.2 Å². The molecule has 33 heavy (non-hydrogen) atoms. The van der Waals surface area contributed by atoms with Crippen LogP contribution in [0.15, 0.2) is 71.8 Å². The van der Waals surface area contributed by atoms with E-state index in [-0.39, 0.29) is 11.3 Å². The largest absolute Gasteiger partial charge is 0.497 e. The second-order valence-corrected chi connectivity index (χ2v) is 8.58. The summed E-state index contributed by atoms with van der Waals surface area (Å²) in [6.45, 7) is 7.01. The van der Waals surface area contributed by atoms with Gasteiger partial charge in [0.2, 0.25) is 0 Å². The smallest absolute Gasteiger partial charge is 0.271 e. The first-order valence-electron chi connectivity index (χ1n) is 10.7. The highest BCUT2D eigenvalue weighted by atomic mass is 16.5. The van der Waals surface area contributed by atoms with E-state index >= 15 is 0 Å². The Morgan fingerprint density at radius 1 is 0.939 bits per heavy atom. The second-order valence-electron chi connectivity index (χ2n) is 8.58. The molecule has 0 bridgehead atoms. The monoisotopic (exact) mass is 446 g/mol. The Kier molecular flexibility index (Phi) is 7.72. The van der Waals surface area contributed by atoms with Gasteiger partial charge in [-0.2, -0.15) is 5.10 Å². The summed E-state index contributed by atoms with van der Waals surface area (Å²) in [5, 5.41) is 4.04. The van der Waals surface area contributed by atoms with Crippen molar-refractivity contribution in [2.75, 3.05) is 14.2 Å². The summed E-state index contributed by atoms with van der Waals surface area (Å²) in [5.74, 6) is 1.51. The number of nitrogens with one attached hydrogen (secondary N) is 1. The molecule has 0 aliphatic rings. The fourth-order valence-electron chi connectivity index (χ4n) is 3.14. The standard InChI is InChI=1S/C27H30N2O4/c1-27(2,3)22-12-9-19(10-13-22)18-33-24-14-11-20(15-25(24)32-5)17-28-29-26(30)21-7-6-8-23(16-21)31-4/h6-17H,18H2,1-5H3,(H,29,30)/b28-17+. The molecule has 0 saturated carbocycles. The van der Waals surface area contributed by atoms with E-state index in [1.807, 2.05) is 12.1 Å². The lowest BCUT2D eigenvalue weighted by molar-refractivity contribution is 0.0955. The van der Waals surface area contributed by atoms with Crippen molar-refractivity contribution in [1.29, 1.82) is 0 Å². The van der Waals surface area contributed by atoms with Crippen LogP contribution in [-0.2, 0) is 12.0 Å². The van der Waals surface area contributed by atoms with Gasteiger partial charge in [0.15, 0.2) is 11.5 Å². The van der Waals surface area contributed by atoms with Crippen LogP contribution in [0.5, 0.6) is 17.2 Å². The molecule has 6 nitrogen and oxygen atoms in total. The predicted octanol–water partition coefficient (Wildman–Crippen LogP) is 5.34. The molecule has 0 fully saturated rings. The molecule has 3 aromatic carbocycles. The Bertz CT molecular complexity index is 1120. The molecule has 3 aromatic rings. The Balaban J connectivity index is 1.61. The fraction of sp³-hybridized carbons (Fsp3) is 0.259. The van der Waals surface area contributed by atoms with Gasteiger partial charge in [-0.05, 0) is 58.5 Å². The van der Waals surface area contributed by atoms with Gasteiger partial charge in [0.25, 0.3) is 5.91 Å². The van der Waals surface area contributed by atoms with Crippen molar-refractivity contribution in [2.45, 2.75) is 32.8 Å². The van der Waals surface area contributed by atoms with Crippen LogP contribution in [0.3, 0.4) is 0 Å². The van der Waals surface area contributed by atoms with Crippen molar-refractivity contribution in [3.63, 3.8) is 0 Å². The van der Waals surface area contributed by atoms with Gasteiger partial charge in [-0.1, -0.05) is 51.1 Å². The molecule has 1 N–H and O–H groups in total. The highest BCUT2D eigenvalue weighted by molar-refractivity contribution is 5.95. The second kappa shape index (κ2) is 10.7. The Morgan fingerprint density at radius 3 is 2.36 bits per heavy atom. The van der Waals surface area contributed by atoms with E-state index in [0.29, 0.717) is 29.4 Å². The molecule has 0 aromatic heterocycles. The van der Waals surface area contributed by atoms with E-state index in [0.717, 1.165) is 11.1 Å². The minimum absolute atomic E-state index is 0.118. The number of benzene rings is 3. The Morgan fingerprint density at radius 2 is 1.70 bits per heavy atom. The molecular weight excluding hydrogens is 416 g/mol. The number of ether oxygens (including phenoxy) is 3. The fourth-order valence-corrected chi connectivity index (χ4v) is 3.14. The first-order valence-corrected chi connectivity index (χ1v) is 10.7. The normalized spacial score (nSPS) is 11.3. The van der Waals surface area contributed by atoms with E-state index < -0.39 is 0 Å². The molecule has 1 amide bonds. The van der Waals surface area contributed by atoms with Crippen LogP contribution in [0.4, 0.5) is 0 Å². The number of carbonyl (C=O) groups is 1. The Hall–Kier alpha value is -3.80. The van der Waals surface area contributed by atoms with Crippen LogP contribution in [0, 0.1) is 0 Å². The lowest BCUT2D eigenvalue weighted by atomic mass is 9.87. The SMILES string of the molecule is COc1cccc(C(=O)N/N=C/c2ccc(OCc3ccc(C(C)(C)C)cc3)c(OC)c2)c1. The maximum Gasteiger partial charge on any atom is 0.271 e. The lowest BCUT2D eigenvalue weighted by Gasteiger charge is -2.19. The van der Waals surface area contributed by atoms with Crippen molar-refractivity contribution in [3.05, 3.63) is 89.0 Å². The molecule has 3 rings (SSSR count). The summed E-state index contributed by atoms with van der Waals surface area (Å²) in [5.41, 5.74) is 6.22. The minimum atomic E-state index is -0.324. The maximum atomic E-state index is 12.3. The lowest BCUT2D eigenvalue weighted by Crippen LogP contribution is -2.17. The van der Waals surface area contributed by atoms with Gasteiger partial charge >= 0.3 is 0 Å². The summed E-state index contributed by atoms with van der Waals surface area (Å²) in [6, 6.07) is 20.8.